The van der Waals surface area contributed by atoms with Crippen LogP contribution in [0.5, 0.6) is 0 Å². The van der Waals surface area contributed by atoms with Crippen molar-refractivity contribution in [2.45, 2.75) is 97.7 Å². The van der Waals surface area contributed by atoms with E-state index in [2.05, 4.69) is 6.92 Å². The number of hydrogen-bond donors (Lipinski definition) is 0. The molecule has 0 N–H and O–H groups in total. The van der Waals surface area contributed by atoms with E-state index in [0.717, 1.165) is 18.3 Å². The predicted octanol–water partition coefficient (Wildman–Crippen LogP) is 4.89. The fraction of sp³-hybridized carbons (Fsp3) is 0.909. The molecule has 4 nitrogen and oxygen atoms in total. The molecule has 4 aliphatic carbocycles. The van der Waals surface area contributed by atoms with Crippen LogP contribution < -0.4 is 0 Å². The van der Waals surface area contributed by atoms with Crippen LogP contribution in [0.15, 0.2) is 0 Å². The molecule has 0 aromatic carbocycles. The molecule has 0 heterocycles. The molecule has 0 aromatic rings. The van der Waals surface area contributed by atoms with Crippen LogP contribution in [0.2, 0.25) is 0 Å². The van der Waals surface area contributed by atoms with Gasteiger partial charge in [0.15, 0.2) is 0 Å². The Labute approximate surface area is 158 Å². The van der Waals surface area contributed by atoms with Crippen LogP contribution in [-0.2, 0) is 19.1 Å². The van der Waals surface area contributed by atoms with Gasteiger partial charge in [0, 0.05) is 0 Å². The summed E-state index contributed by atoms with van der Waals surface area (Å²) in [5, 5.41) is 0. The topological polar surface area (TPSA) is 52.6 Å². The van der Waals surface area contributed by atoms with Gasteiger partial charge >= 0.3 is 11.9 Å². The van der Waals surface area contributed by atoms with E-state index < -0.39 is 11.0 Å². The highest BCUT2D eigenvalue weighted by Crippen LogP contribution is 2.60. The first-order chi connectivity index (χ1) is 12.0. The molecule has 0 spiro atoms. The van der Waals surface area contributed by atoms with Crippen molar-refractivity contribution in [3.05, 3.63) is 0 Å². The van der Waals surface area contributed by atoms with Crippen molar-refractivity contribution in [1.82, 2.24) is 0 Å². The molecule has 4 aliphatic rings. The Kier molecular flexibility index (Phi) is 4.94. The third kappa shape index (κ3) is 3.18. The Morgan fingerprint density at radius 1 is 0.885 bits per heavy atom. The Morgan fingerprint density at radius 2 is 1.38 bits per heavy atom. The fourth-order valence-corrected chi connectivity index (χ4v) is 5.65. The maximum Gasteiger partial charge on any atom is 0.350 e. The molecule has 0 radical (unpaired) electrons. The summed E-state index contributed by atoms with van der Waals surface area (Å²) in [4.78, 5) is 25.5. The minimum Gasteiger partial charge on any atom is -0.456 e. The minimum absolute atomic E-state index is 0.336. The molecule has 4 rings (SSSR count). The van der Waals surface area contributed by atoms with E-state index in [1.807, 2.05) is 20.8 Å². The van der Waals surface area contributed by atoms with Gasteiger partial charge in [-0.3, -0.25) is 4.79 Å². The van der Waals surface area contributed by atoms with Crippen LogP contribution in [0.1, 0.15) is 86.5 Å². The highest BCUT2D eigenvalue weighted by Gasteiger charge is 2.59. The summed E-state index contributed by atoms with van der Waals surface area (Å²) in [7, 11) is 0. The van der Waals surface area contributed by atoms with Crippen molar-refractivity contribution in [1.29, 1.82) is 0 Å². The zero-order valence-electron chi connectivity index (χ0n) is 17.4. The quantitative estimate of drug-likeness (QED) is 0.630. The third-order valence-electron chi connectivity index (χ3n) is 7.63. The van der Waals surface area contributed by atoms with Crippen molar-refractivity contribution >= 4 is 11.9 Å². The van der Waals surface area contributed by atoms with E-state index in [-0.39, 0.29) is 17.5 Å². The maximum absolute atomic E-state index is 13.1. The van der Waals surface area contributed by atoms with Crippen LogP contribution in [0, 0.1) is 29.1 Å². The summed E-state index contributed by atoms with van der Waals surface area (Å²) < 4.78 is 11.9. The highest BCUT2D eigenvalue weighted by atomic mass is 16.6. The molecule has 4 saturated carbocycles. The first kappa shape index (κ1) is 19.7. The van der Waals surface area contributed by atoms with E-state index in [1.165, 1.54) is 32.1 Å². The Hall–Kier alpha value is -1.06. The monoisotopic (exact) mass is 364 g/mol. The molecule has 4 bridgehead atoms. The second-order valence-electron chi connectivity index (χ2n) is 10.1. The van der Waals surface area contributed by atoms with E-state index >= 15 is 0 Å². The van der Waals surface area contributed by atoms with Crippen molar-refractivity contribution < 1.29 is 19.1 Å². The zero-order valence-corrected chi connectivity index (χ0v) is 17.4. The first-order valence-electron chi connectivity index (χ1n) is 10.5. The summed E-state index contributed by atoms with van der Waals surface area (Å²) >= 11 is 0. The standard InChI is InChI=1S/C22H36O4/c1-7-20(3,4)18(23)25-21(5,6)19(24)26-22(8-2)16-10-14-9-15(12-16)13-17(22)11-14/h14-17H,7-13H2,1-6H3. The number of ether oxygens (including phenoxy) is 2. The van der Waals surface area contributed by atoms with Gasteiger partial charge in [0.2, 0.25) is 5.60 Å². The number of rotatable bonds is 6. The van der Waals surface area contributed by atoms with E-state index in [1.54, 1.807) is 13.8 Å². The van der Waals surface area contributed by atoms with Crippen molar-refractivity contribution in [3.8, 4) is 0 Å². The van der Waals surface area contributed by atoms with Crippen molar-refractivity contribution in [2.75, 3.05) is 0 Å². The lowest BCUT2D eigenvalue weighted by Gasteiger charge is -2.60. The summed E-state index contributed by atoms with van der Waals surface area (Å²) in [6, 6.07) is 0. The van der Waals surface area contributed by atoms with Gasteiger partial charge in [-0.15, -0.1) is 0 Å². The van der Waals surface area contributed by atoms with Gasteiger partial charge in [0.25, 0.3) is 0 Å². The average Bonchev–Trinajstić information content (AvgIpc) is 2.57. The second-order valence-corrected chi connectivity index (χ2v) is 10.1. The molecule has 26 heavy (non-hydrogen) atoms. The molecular weight excluding hydrogens is 328 g/mol. The number of carbonyl (C=O) groups excluding carboxylic acids is 2. The smallest absolute Gasteiger partial charge is 0.350 e. The molecule has 0 amide bonds. The SMILES string of the molecule is CCC(C)(C)C(=O)OC(C)(C)C(=O)OC1(CC)C2CC3CC(C2)CC1C3. The van der Waals surface area contributed by atoms with E-state index in [9.17, 15) is 9.59 Å². The highest BCUT2D eigenvalue weighted by molar-refractivity contribution is 5.84. The Morgan fingerprint density at radius 3 is 1.81 bits per heavy atom. The lowest BCUT2D eigenvalue weighted by atomic mass is 9.49. The minimum atomic E-state index is -1.25. The predicted molar refractivity (Wildman–Crippen MR) is 100 cm³/mol. The van der Waals surface area contributed by atoms with Gasteiger partial charge in [0.1, 0.15) is 5.60 Å². The van der Waals surface area contributed by atoms with Crippen LogP contribution in [0.25, 0.3) is 0 Å². The third-order valence-corrected chi connectivity index (χ3v) is 7.63. The van der Waals surface area contributed by atoms with Crippen molar-refractivity contribution in [3.63, 3.8) is 0 Å². The molecular formula is C22H36O4. The van der Waals surface area contributed by atoms with E-state index in [0.29, 0.717) is 18.3 Å². The average molecular weight is 365 g/mol. The Bertz CT molecular complexity index is 547. The molecule has 0 atom stereocenters. The summed E-state index contributed by atoms with van der Waals surface area (Å²) in [5.74, 6) is 1.89. The molecule has 0 aromatic heterocycles. The number of carbonyl (C=O) groups is 2. The van der Waals surface area contributed by atoms with Gasteiger partial charge < -0.3 is 9.47 Å². The summed E-state index contributed by atoms with van der Waals surface area (Å²) in [6.45, 7) is 11.1. The summed E-state index contributed by atoms with van der Waals surface area (Å²) in [5.41, 5.74) is -2.20. The maximum atomic E-state index is 13.1. The number of esters is 2. The second kappa shape index (κ2) is 6.53. The fourth-order valence-electron chi connectivity index (χ4n) is 5.65. The van der Waals surface area contributed by atoms with Crippen LogP contribution in [0.4, 0.5) is 0 Å². The molecule has 4 heteroatoms. The lowest BCUT2D eigenvalue weighted by molar-refractivity contribution is -0.227. The molecule has 4 fully saturated rings. The normalized spacial score (nSPS) is 36.1. The molecule has 0 aliphatic heterocycles. The zero-order chi connectivity index (χ0) is 19.3. The van der Waals surface area contributed by atoms with Gasteiger partial charge in [-0.25, -0.2) is 4.79 Å². The molecule has 0 saturated heterocycles. The lowest BCUT2D eigenvalue weighted by Crippen LogP contribution is -2.61. The molecule has 0 unspecified atom stereocenters. The van der Waals surface area contributed by atoms with Gasteiger partial charge in [0.05, 0.1) is 5.41 Å². The van der Waals surface area contributed by atoms with Gasteiger partial charge in [-0.2, -0.15) is 0 Å². The van der Waals surface area contributed by atoms with Gasteiger partial charge in [-0.05, 0) is 96.3 Å². The Balaban J connectivity index is 1.74. The van der Waals surface area contributed by atoms with Crippen LogP contribution >= 0.6 is 0 Å². The van der Waals surface area contributed by atoms with Gasteiger partial charge in [-0.1, -0.05) is 13.8 Å². The molecule has 148 valence electrons. The summed E-state index contributed by atoms with van der Waals surface area (Å²) in [6.07, 6.45) is 7.67. The first-order valence-corrected chi connectivity index (χ1v) is 10.5. The van der Waals surface area contributed by atoms with Crippen LogP contribution in [0.3, 0.4) is 0 Å². The van der Waals surface area contributed by atoms with E-state index in [4.69, 9.17) is 9.47 Å². The largest absolute Gasteiger partial charge is 0.456 e. The van der Waals surface area contributed by atoms with Crippen molar-refractivity contribution in [2.24, 2.45) is 29.1 Å². The number of hydrogen-bond acceptors (Lipinski definition) is 4. The van der Waals surface area contributed by atoms with Crippen LogP contribution in [-0.4, -0.2) is 23.1 Å².